The smallest absolute Gasteiger partial charge is 0.254 e. The van der Waals surface area contributed by atoms with Crippen molar-refractivity contribution < 1.29 is 14.0 Å². The lowest BCUT2D eigenvalue weighted by atomic mass is 10.0. The molecule has 0 aromatic heterocycles. The maximum Gasteiger partial charge on any atom is 0.254 e. The van der Waals surface area contributed by atoms with E-state index >= 15 is 0 Å². The molecular formula is C21H23FN4O2. The lowest BCUT2D eigenvalue weighted by Gasteiger charge is -2.36. The van der Waals surface area contributed by atoms with Crippen LogP contribution in [0.1, 0.15) is 28.4 Å². The van der Waals surface area contributed by atoms with Crippen LogP contribution in [0.5, 0.6) is 0 Å². The van der Waals surface area contributed by atoms with E-state index in [1.165, 1.54) is 18.2 Å². The van der Waals surface area contributed by atoms with Gasteiger partial charge in [0.1, 0.15) is 11.9 Å². The molecule has 2 saturated heterocycles. The molecule has 7 heteroatoms. The quantitative estimate of drug-likeness (QED) is 0.849. The second kappa shape index (κ2) is 8.08. The van der Waals surface area contributed by atoms with Crippen LogP contribution >= 0.6 is 0 Å². The van der Waals surface area contributed by atoms with Crippen molar-refractivity contribution in [1.29, 1.82) is 0 Å². The third-order valence-corrected chi connectivity index (χ3v) is 5.35. The van der Waals surface area contributed by atoms with E-state index in [9.17, 15) is 14.0 Å². The van der Waals surface area contributed by atoms with Crippen molar-refractivity contribution in [3.63, 3.8) is 0 Å². The van der Waals surface area contributed by atoms with E-state index in [1.54, 1.807) is 15.9 Å². The molecule has 0 saturated carbocycles. The zero-order chi connectivity index (χ0) is 19.5. The lowest BCUT2D eigenvalue weighted by molar-refractivity contribution is -0.134. The second-order valence-corrected chi connectivity index (χ2v) is 7.17. The van der Waals surface area contributed by atoms with Crippen LogP contribution in [-0.4, -0.2) is 53.8 Å². The number of nitrogens with one attached hydrogen (secondary N) is 2. The largest absolute Gasteiger partial charge is 0.338 e. The molecule has 2 aromatic rings. The van der Waals surface area contributed by atoms with Crippen LogP contribution in [0.25, 0.3) is 0 Å². The molecule has 2 fully saturated rings. The molecule has 2 N–H and O–H groups in total. The summed E-state index contributed by atoms with van der Waals surface area (Å²) >= 11 is 0. The van der Waals surface area contributed by atoms with Crippen LogP contribution in [0.3, 0.4) is 0 Å². The number of nitrogens with zero attached hydrogens (tertiary/aromatic N) is 2. The molecule has 2 amide bonds. The van der Waals surface area contributed by atoms with Gasteiger partial charge in [0.15, 0.2) is 0 Å². The molecule has 28 heavy (non-hydrogen) atoms. The van der Waals surface area contributed by atoms with E-state index in [2.05, 4.69) is 10.9 Å². The third kappa shape index (κ3) is 3.90. The van der Waals surface area contributed by atoms with Crippen LogP contribution in [0.15, 0.2) is 54.6 Å². The molecule has 6 nitrogen and oxygen atoms in total. The zero-order valence-corrected chi connectivity index (χ0v) is 15.5. The first kappa shape index (κ1) is 18.6. The highest BCUT2D eigenvalue weighted by Crippen LogP contribution is 2.23. The fourth-order valence-corrected chi connectivity index (χ4v) is 3.78. The summed E-state index contributed by atoms with van der Waals surface area (Å²) in [5.74, 6) is -0.576. The number of halogens is 1. The van der Waals surface area contributed by atoms with Gasteiger partial charge in [-0.3, -0.25) is 9.59 Å². The number of rotatable bonds is 3. The Balaban J connectivity index is 1.31. The average Bonchev–Trinajstić information content (AvgIpc) is 3.24. The molecule has 0 spiro atoms. The Kier molecular flexibility index (Phi) is 5.36. The summed E-state index contributed by atoms with van der Waals surface area (Å²) in [6.07, 6.45) is 0.686. The fraction of sp³-hybridized carbons (Fsp3) is 0.333. The first-order chi connectivity index (χ1) is 13.6. The van der Waals surface area contributed by atoms with Crippen molar-refractivity contribution in [2.24, 2.45) is 0 Å². The van der Waals surface area contributed by atoms with Crippen LogP contribution in [0, 0.1) is 5.82 Å². The van der Waals surface area contributed by atoms with Gasteiger partial charge in [0.25, 0.3) is 5.91 Å². The Morgan fingerprint density at radius 3 is 2.32 bits per heavy atom. The molecule has 146 valence electrons. The third-order valence-electron chi connectivity index (χ3n) is 5.35. The van der Waals surface area contributed by atoms with Crippen LogP contribution in [0.4, 0.5) is 4.39 Å². The number of carbonyl (C=O) groups excluding carboxylic acids is 2. The molecule has 0 aliphatic carbocycles. The van der Waals surface area contributed by atoms with Gasteiger partial charge in [-0.1, -0.05) is 36.4 Å². The standard InChI is InChI=1S/C21H23FN4O2/c22-17-8-4-7-16(13-17)20(27)25-9-11-26(12-10-25)21(28)19-14-18(23-24-19)15-5-2-1-3-6-15/h1-8,13,18-19,23-24H,9-12,14H2. The van der Waals surface area contributed by atoms with Crippen molar-refractivity contribution in [2.45, 2.75) is 18.5 Å². The van der Waals surface area contributed by atoms with Gasteiger partial charge in [0.2, 0.25) is 5.91 Å². The highest BCUT2D eigenvalue weighted by atomic mass is 19.1. The summed E-state index contributed by atoms with van der Waals surface area (Å²) in [4.78, 5) is 28.8. The number of hydrazine groups is 1. The highest BCUT2D eigenvalue weighted by Gasteiger charge is 2.34. The summed E-state index contributed by atoms with van der Waals surface area (Å²) in [5, 5.41) is 0. The normalized spacial score (nSPS) is 22.3. The van der Waals surface area contributed by atoms with Crippen LogP contribution < -0.4 is 10.9 Å². The Hall–Kier alpha value is -2.77. The van der Waals surface area contributed by atoms with E-state index in [-0.39, 0.29) is 23.9 Å². The Labute approximate surface area is 163 Å². The maximum atomic E-state index is 13.4. The van der Waals surface area contributed by atoms with Gasteiger partial charge in [0.05, 0.1) is 0 Å². The molecule has 0 bridgehead atoms. The fourth-order valence-electron chi connectivity index (χ4n) is 3.78. The van der Waals surface area contributed by atoms with Gasteiger partial charge in [-0.25, -0.2) is 15.2 Å². The molecule has 2 aliphatic rings. The maximum absolute atomic E-state index is 13.4. The molecule has 0 radical (unpaired) electrons. The van der Waals surface area contributed by atoms with E-state index < -0.39 is 5.82 Å². The van der Waals surface area contributed by atoms with Gasteiger partial charge < -0.3 is 9.80 Å². The molecule has 2 atom stereocenters. The molecule has 2 aromatic carbocycles. The lowest BCUT2D eigenvalue weighted by Crippen LogP contribution is -2.54. The SMILES string of the molecule is O=C(c1cccc(F)c1)N1CCN(C(=O)C2CC(c3ccccc3)NN2)CC1. The minimum Gasteiger partial charge on any atom is -0.338 e. The van der Waals surface area contributed by atoms with E-state index in [4.69, 9.17) is 0 Å². The Morgan fingerprint density at radius 1 is 0.893 bits per heavy atom. The number of hydrogen-bond donors (Lipinski definition) is 2. The van der Waals surface area contributed by atoms with Crippen molar-refractivity contribution in [3.05, 3.63) is 71.5 Å². The molecule has 2 heterocycles. The van der Waals surface area contributed by atoms with Gasteiger partial charge in [-0.2, -0.15) is 0 Å². The zero-order valence-electron chi connectivity index (χ0n) is 15.5. The van der Waals surface area contributed by atoms with E-state index in [1.807, 2.05) is 30.3 Å². The van der Waals surface area contributed by atoms with Crippen molar-refractivity contribution >= 4 is 11.8 Å². The predicted molar refractivity (Wildman–Crippen MR) is 103 cm³/mol. The van der Waals surface area contributed by atoms with Gasteiger partial charge in [-0.05, 0) is 30.2 Å². The molecular weight excluding hydrogens is 359 g/mol. The number of amides is 2. The summed E-state index contributed by atoms with van der Waals surface area (Å²) < 4.78 is 13.4. The molecule has 2 unspecified atom stereocenters. The van der Waals surface area contributed by atoms with Crippen LogP contribution in [-0.2, 0) is 4.79 Å². The van der Waals surface area contributed by atoms with E-state index in [0.717, 1.165) is 5.56 Å². The first-order valence-electron chi connectivity index (χ1n) is 9.51. The van der Waals surface area contributed by atoms with Crippen molar-refractivity contribution in [1.82, 2.24) is 20.7 Å². The van der Waals surface area contributed by atoms with Crippen molar-refractivity contribution in [2.75, 3.05) is 26.2 Å². The number of carbonyl (C=O) groups is 2. The molecule has 2 aliphatic heterocycles. The minimum atomic E-state index is -0.424. The number of hydrogen-bond acceptors (Lipinski definition) is 4. The van der Waals surface area contributed by atoms with Gasteiger partial charge >= 0.3 is 0 Å². The topological polar surface area (TPSA) is 64.7 Å². The summed E-state index contributed by atoms with van der Waals surface area (Å²) in [7, 11) is 0. The van der Waals surface area contributed by atoms with Gasteiger partial charge in [-0.15, -0.1) is 0 Å². The minimum absolute atomic E-state index is 0.0452. The van der Waals surface area contributed by atoms with Gasteiger partial charge in [0, 0.05) is 37.8 Å². The number of piperazine rings is 1. The Morgan fingerprint density at radius 2 is 1.61 bits per heavy atom. The first-order valence-corrected chi connectivity index (χ1v) is 9.51. The predicted octanol–water partition coefficient (Wildman–Crippen LogP) is 1.72. The Bertz CT molecular complexity index is 852. The monoisotopic (exact) mass is 382 g/mol. The summed E-state index contributed by atoms with van der Waals surface area (Å²) in [6.45, 7) is 1.86. The second-order valence-electron chi connectivity index (χ2n) is 7.17. The summed E-state index contributed by atoms with van der Waals surface area (Å²) in [5.41, 5.74) is 7.79. The molecule has 4 rings (SSSR count). The summed E-state index contributed by atoms with van der Waals surface area (Å²) in [6, 6.07) is 15.6. The average molecular weight is 382 g/mol. The van der Waals surface area contributed by atoms with Crippen LogP contribution in [0.2, 0.25) is 0 Å². The van der Waals surface area contributed by atoms with Crippen molar-refractivity contribution in [3.8, 4) is 0 Å². The number of benzene rings is 2. The highest BCUT2D eigenvalue weighted by molar-refractivity contribution is 5.94. The van der Waals surface area contributed by atoms with E-state index in [0.29, 0.717) is 38.2 Å².